The highest BCUT2D eigenvalue weighted by molar-refractivity contribution is 9.10. The monoisotopic (exact) mass is 295 g/mol. The summed E-state index contributed by atoms with van der Waals surface area (Å²) in [4.78, 5) is 0. The Labute approximate surface area is 113 Å². The minimum absolute atomic E-state index is 0.538. The zero-order valence-electron chi connectivity index (χ0n) is 10.6. The molecular weight excluding hydrogens is 274 g/mol. The molecule has 1 aliphatic carbocycles. The molecule has 17 heavy (non-hydrogen) atoms. The first kappa shape index (κ1) is 13.1. The maximum Gasteiger partial charge on any atom is 0.0177 e. The van der Waals surface area contributed by atoms with Gasteiger partial charge in [0.2, 0.25) is 0 Å². The van der Waals surface area contributed by atoms with Gasteiger partial charge in [-0.1, -0.05) is 41.4 Å². The molecule has 0 heterocycles. The summed E-state index contributed by atoms with van der Waals surface area (Å²) in [6.45, 7) is 4.57. The fourth-order valence-electron chi connectivity index (χ4n) is 2.70. The average molecular weight is 296 g/mol. The number of benzene rings is 1. The summed E-state index contributed by atoms with van der Waals surface area (Å²) in [6, 6.07) is 8.77. The quantitative estimate of drug-likeness (QED) is 0.777. The van der Waals surface area contributed by atoms with Crippen LogP contribution >= 0.6 is 15.9 Å². The second-order valence-corrected chi connectivity index (χ2v) is 6.25. The molecule has 2 rings (SSSR count). The van der Waals surface area contributed by atoms with Gasteiger partial charge >= 0.3 is 0 Å². The van der Waals surface area contributed by atoms with Crippen LogP contribution in [0.15, 0.2) is 28.7 Å². The molecule has 1 aromatic rings. The van der Waals surface area contributed by atoms with Crippen LogP contribution in [0.1, 0.15) is 38.2 Å². The van der Waals surface area contributed by atoms with E-state index in [1.165, 1.54) is 48.7 Å². The van der Waals surface area contributed by atoms with Crippen LogP contribution in [-0.2, 0) is 6.42 Å². The zero-order valence-corrected chi connectivity index (χ0v) is 12.2. The highest BCUT2D eigenvalue weighted by Crippen LogP contribution is 2.43. The lowest BCUT2D eigenvalue weighted by molar-refractivity contribution is 0.130. The lowest BCUT2D eigenvalue weighted by atomic mass is 9.65. The van der Waals surface area contributed by atoms with Gasteiger partial charge < -0.3 is 5.32 Å². The molecule has 0 aromatic heterocycles. The second kappa shape index (κ2) is 6.01. The van der Waals surface area contributed by atoms with Crippen molar-refractivity contribution in [2.75, 3.05) is 13.1 Å². The summed E-state index contributed by atoms with van der Waals surface area (Å²) in [6.07, 6.45) is 6.63. The molecule has 1 saturated carbocycles. The van der Waals surface area contributed by atoms with E-state index in [1.807, 2.05) is 0 Å². The first-order valence-corrected chi connectivity index (χ1v) is 7.49. The first-order chi connectivity index (χ1) is 8.24. The van der Waals surface area contributed by atoms with Crippen molar-refractivity contribution in [3.05, 3.63) is 34.3 Å². The van der Waals surface area contributed by atoms with Crippen LogP contribution in [0.5, 0.6) is 0 Å². The van der Waals surface area contributed by atoms with Crippen LogP contribution in [0.25, 0.3) is 0 Å². The molecule has 1 N–H and O–H groups in total. The van der Waals surface area contributed by atoms with Gasteiger partial charge in [-0.15, -0.1) is 0 Å². The molecule has 1 aromatic carbocycles. The molecule has 0 radical (unpaired) electrons. The maximum absolute atomic E-state index is 3.60. The number of halogens is 1. The van der Waals surface area contributed by atoms with Crippen molar-refractivity contribution in [2.24, 2.45) is 5.41 Å². The molecule has 1 aliphatic rings. The van der Waals surface area contributed by atoms with E-state index in [1.54, 1.807) is 0 Å². The second-order valence-electron chi connectivity index (χ2n) is 5.34. The van der Waals surface area contributed by atoms with Gasteiger partial charge in [-0.2, -0.15) is 0 Å². The largest absolute Gasteiger partial charge is 0.316 e. The van der Waals surface area contributed by atoms with Crippen LogP contribution < -0.4 is 5.32 Å². The van der Waals surface area contributed by atoms with Crippen molar-refractivity contribution >= 4 is 15.9 Å². The third-order valence-corrected chi connectivity index (χ3v) is 4.30. The third kappa shape index (κ3) is 3.56. The van der Waals surface area contributed by atoms with E-state index in [9.17, 15) is 0 Å². The Morgan fingerprint density at radius 1 is 1.35 bits per heavy atom. The average Bonchev–Trinajstić information content (AvgIpc) is 2.26. The summed E-state index contributed by atoms with van der Waals surface area (Å²) in [5, 5.41) is 3.60. The summed E-state index contributed by atoms with van der Waals surface area (Å²) >= 11 is 3.56. The van der Waals surface area contributed by atoms with Gasteiger partial charge in [0.15, 0.2) is 0 Å². The molecule has 1 fully saturated rings. The Morgan fingerprint density at radius 3 is 2.76 bits per heavy atom. The molecule has 94 valence electrons. The normalized spacial score (nSPS) is 17.8. The summed E-state index contributed by atoms with van der Waals surface area (Å²) < 4.78 is 1.20. The fourth-order valence-corrected chi connectivity index (χ4v) is 3.15. The fraction of sp³-hybridized carbons (Fsp3) is 0.600. The maximum atomic E-state index is 3.60. The molecule has 2 heteroatoms. The van der Waals surface area contributed by atoms with E-state index in [0.29, 0.717) is 5.41 Å². The Balaban J connectivity index is 1.94. The zero-order chi connectivity index (χ0) is 12.1. The molecule has 0 aliphatic heterocycles. The van der Waals surface area contributed by atoms with Gasteiger partial charge in [0, 0.05) is 11.0 Å². The van der Waals surface area contributed by atoms with E-state index in [2.05, 4.69) is 52.4 Å². The Hall–Kier alpha value is -0.340. The Bertz CT molecular complexity index is 358. The number of hydrogen-bond donors (Lipinski definition) is 1. The van der Waals surface area contributed by atoms with Crippen molar-refractivity contribution in [3.63, 3.8) is 0 Å². The lowest BCUT2D eigenvalue weighted by Gasteiger charge is -2.42. The SMILES string of the molecule is CCCNCC1(Cc2cccc(Br)c2)CCC1. The van der Waals surface area contributed by atoms with Gasteiger partial charge in [-0.3, -0.25) is 0 Å². The minimum atomic E-state index is 0.538. The van der Waals surface area contributed by atoms with Gasteiger partial charge in [0.05, 0.1) is 0 Å². The Morgan fingerprint density at radius 2 is 2.18 bits per heavy atom. The number of rotatable bonds is 6. The predicted molar refractivity (Wildman–Crippen MR) is 77.3 cm³/mol. The molecule has 0 spiro atoms. The van der Waals surface area contributed by atoms with Crippen LogP contribution in [0.2, 0.25) is 0 Å². The van der Waals surface area contributed by atoms with Crippen LogP contribution in [0.4, 0.5) is 0 Å². The molecule has 0 saturated heterocycles. The molecular formula is C15H22BrN. The van der Waals surface area contributed by atoms with Gasteiger partial charge in [-0.05, 0) is 55.3 Å². The predicted octanol–water partition coefficient (Wildman–Crippen LogP) is 4.16. The number of nitrogens with one attached hydrogen (secondary N) is 1. The van der Waals surface area contributed by atoms with Gasteiger partial charge in [0.1, 0.15) is 0 Å². The molecule has 0 bridgehead atoms. The topological polar surface area (TPSA) is 12.0 Å². The summed E-state index contributed by atoms with van der Waals surface area (Å²) in [7, 11) is 0. The van der Waals surface area contributed by atoms with E-state index in [4.69, 9.17) is 0 Å². The lowest BCUT2D eigenvalue weighted by Crippen LogP contribution is -2.41. The highest BCUT2D eigenvalue weighted by Gasteiger charge is 2.36. The van der Waals surface area contributed by atoms with Crippen molar-refractivity contribution in [2.45, 2.75) is 39.0 Å². The van der Waals surface area contributed by atoms with Gasteiger partial charge in [-0.25, -0.2) is 0 Å². The smallest absolute Gasteiger partial charge is 0.0177 e. The van der Waals surface area contributed by atoms with E-state index in [0.717, 1.165) is 6.54 Å². The van der Waals surface area contributed by atoms with Crippen molar-refractivity contribution < 1.29 is 0 Å². The minimum Gasteiger partial charge on any atom is -0.316 e. The molecule has 0 atom stereocenters. The van der Waals surface area contributed by atoms with E-state index in [-0.39, 0.29) is 0 Å². The van der Waals surface area contributed by atoms with E-state index >= 15 is 0 Å². The van der Waals surface area contributed by atoms with Crippen LogP contribution in [0, 0.1) is 5.41 Å². The molecule has 0 amide bonds. The van der Waals surface area contributed by atoms with Gasteiger partial charge in [0.25, 0.3) is 0 Å². The standard InChI is InChI=1S/C15H22BrN/c1-2-9-17-12-15(7-4-8-15)11-13-5-3-6-14(16)10-13/h3,5-6,10,17H,2,4,7-9,11-12H2,1H3. The third-order valence-electron chi connectivity index (χ3n) is 3.81. The Kier molecular flexibility index (Phi) is 4.63. The molecule has 0 unspecified atom stereocenters. The number of hydrogen-bond acceptors (Lipinski definition) is 1. The van der Waals surface area contributed by atoms with Crippen LogP contribution in [0.3, 0.4) is 0 Å². The van der Waals surface area contributed by atoms with Crippen molar-refractivity contribution in [3.8, 4) is 0 Å². The highest BCUT2D eigenvalue weighted by atomic mass is 79.9. The summed E-state index contributed by atoms with van der Waals surface area (Å²) in [5.74, 6) is 0. The van der Waals surface area contributed by atoms with E-state index < -0.39 is 0 Å². The van der Waals surface area contributed by atoms with Crippen molar-refractivity contribution in [1.82, 2.24) is 5.32 Å². The first-order valence-electron chi connectivity index (χ1n) is 6.69. The summed E-state index contributed by atoms with van der Waals surface area (Å²) in [5.41, 5.74) is 2.01. The molecule has 1 nitrogen and oxygen atoms in total. The van der Waals surface area contributed by atoms with Crippen molar-refractivity contribution in [1.29, 1.82) is 0 Å². The van der Waals surface area contributed by atoms with Crippen LogP contribution in [-0.4, -0.2) is 13.1 Å².